The number of rotatable bonds is 4. The van der Waals surface area contributed by atoms with Crippen molar-refractivity contribution in [3.63, 3.8) is 0 Å². The van der Waals surface area contributed by atoms with E-state index in [1.54, 1.807) is 23.5 Å². The molecule has 0 radical (unpaired) electrons. The first kappa shape index (κ1) is 12.2. The molecule has 0 aliphatic heterocycles. The molecular weight excluding hydrogens is 257 g/mol. The minimum atomic E-state index is -0.490. The Labute approximate surface area is 107 Å². The Morgan fingerprint density at radius 3 is 3.00 bits per heavy atom. The van der Waals surface area contributed by atoms with E-state index in [0.29, 0.717) is 5.82 Å². The van der Waals surface area contributed by atoms with Crippen molar-refractivity contribution in [2.75, 3.05) is 10.5 Å². The molecular formula is C11H12FN3S2. The smallest absolute Gasteiger partial charge is 0.214 e. The lowest BCUT2D eigenvalue weighted by atomic mass is 10.3. The van der Waals surface area contributed by atoms with E-state index in [9.17, 15) is 4.39 Å². The van der Waals surface area contributed by atoms with Crippen molar-refractivity contribution in [1.82, 2.24) is 4.98 Å². The topological polar surface area (TPSA) is 50.9 Å². The molecule has 0 bridgehead atoms. The van der Waals surface area contributed by atoms with Crippen LogP contribution in [0.3, 0.4) is 0 Å². The van der Waals surface area contributed by atoms with Crippen LogP contribution in [0.4, 0.5) is 15.9 Å². The van der Waals surface area contributed by atoms with Gasteiger partial charge in [0, 0.05) is 10.6 Å². The molecule has 2 heterocycles. The van der Waals surface area contributed by atoms with E-state index in [4.69, 9.17) is 5.73 Å². The van der Waals surface area contributed by atoms with Crippen LogP contribution in [0.25, 0.3) is 0 Å². The van der Waals surface area contributed by atoms with Gasteiger partial charge in [0.05, 0.1) is 4.21 Å². The fourth-order valence-electron chi connectivity index (χ4n) is 1.31. The van der Waals surface area contributed by atoms with Crippen LogP contribution in [0.15, 0.2) is 28.5 Å². The van der Waals surface area contributed by atoms with Gasteiger partial charge in [-0.3, -0.25) is 0 Å². The molecule has 0 saturated carbocycles. The van der Waals surface area contributed by atoms with E-state index in [-0.39, 0.29) is 0 Å². The third-order valence-corrected chi connectivity index (χ3v) is 4.33. The molecule has 6 heteroatoms. The lowest BCUT2D eigenvalue weighted by Crippen LogP contribution is -1.91. The zero-order chi connectivity index (χ0) is 12.3. The van der Waals surface area contributed by atoms with Crippen molar-refractivity contribution in [1.29, 1.82) is 0 Å². The van der Waals surface area contributed by atoms with E-state index < -0.39 is 5.95 Å². The van der Waals surface area contributed by atoms with Crippen molar-refractivity contribution >= 4 is 34.8 Å². The Kier molecular flexibility index (Phi) is 3.86. The van der Waals surface area contributed by atoms with Crippen LogP contribution in [0.2, 0.25) is 0 Å². The van der Waals surface area contributed by atoms with Gasteiger partial charge < -0.3 is 10.5 Å². The Bertz CT molecular complexity index is 513. The minimum Gasteiger partial charge on any atom is -0.398 e. The third kappa shape index (κ3) is 3.10. The molecule has 0 amide bonds. The van der Waals surface area contributed by atoms with Gasteiger partial charge in [0.2, 0.25) is 5.95 Å². The number of thiophene rings is 1. The van der Waals surface area contributed by atoms with Gasteiger partial charge in [-0.15, -0.1) is 11.3 Å². The van der Waals surface area contributed by atoms with Crippen LogP contribution in [0, 0.1) is 5.95 Å². The number of anilines is 2. The highest BCUT2D eigenvalue weighted by Crippen LogP contribution is 2.32. The molecule has 0 spiro atoms. The van der Waals surface area contributed by atoms with Gasteiger partial charge in [0.15, 0.2) is 0 Å². The van der Waals surface area contributed by atoms with Crippen molar-refractivity contribution in [3.8, 4) is 0 Å². The summed E-state index contributed by atoms with van der Waals surface area (Å²) in [5.74, 6) is 0.00978. The lowest BCUT2D eigenvalue weighted by Gasteiger charge is -2.01. The van der Waals surface area contributed by atoms with Crippen molar-refractivity contribution in [2.24, 2.45) is 0 Å². The first-order valence-corrected chi connectivity index (χ1v) is 6.76. The molecule has 2 aromatic rings. The number of nitrogens with two attached hydrogens (primary N) is 1. The van der Waals surface area contributed by atoms with E-state index in [1.807, 2.05) is 6.07 Å². The first-order chi connectivity index (χ1) is 8.19. The molecule has 3 N–H and O–H groups in total. The van der Waals surface area contributed by atoms with Crippen LogP contribution in [0.1, 0.15) is 11.8 Å². The number of nitrogen functional groups attached to an aromatic ring is 1. The first-order valence-electron chi connectivity index (χ1n) is 5.12. The van der Waals surface area contributed by atoms with E-state index >= 15 is 0 Å². The van der Waals surface area contributed by atoms with Gasteiger partial charge in [-0.1, -0.05) is 13.0 Å². The van der Waals surface area contributed by atoms with Crippen LogP contribution in [0.5, 0.6) is 0 Å². The molecule has 3 nitrogen and oxygen atoms in total. The fourth-order valence-corrected chi connectivity index (χ4v) is 3.16. The Hall–Kier alpha value is -1.27. The predicted molar refractivity (Wildman–Crippen MR) is 71.8 cm³/mol. The summed E-state index contributed by atoms with van der Waals surface area (Å²) in [6.07, 6.45) is 0.926. The second kappa shape index (κ2) is 5.37. The SMILES string of the molecule is CCc1sc(SNc2cccc(F)n2)cc1N. The fraction of sp³-hybridized carbons (Fsp3) is 0.182. The highest BCUT2D eigenvalue weighted by atomic mass is 32.2. The summed E-state index contributed by atoms with van der Waals surface area (Å²) in [6, 6.07) is 6.56. The van der Waals surface area contributed by atoms with Crippen LogP contribution in [-0.4, -0.2) is 4.98 Å². The Morgan fingerprint density at radius 1 is 1.53 bits per heavy atom. The molecule has 0 unspecified atom stereocenters. The molecule has 0 aliphatic carbocycles. The molecule has 0 saturated heterocycles. The molecule has 0 aliphatic rings. The third-order valence-electron chi connectivity index (χ3n) is 2.11. The number of hydrogen-bond acceptors (Lipinski definition) is 5. The molecule has 2 rings (SSSR count). The van der Waals surface area contributed by atoms with Gasteiger partial charge in [-0.05, 0) is 36.6 Å². The zero-order valence-electron chi connectivity index (χ0n) is 9.24. The number of aromatic nitrogens is 1. The number of nitrogens with one attached hydrogen (secondary N) is 1. The molecule has 0 fully saturated rings. The quantitative estimate of drug-likeness (QED) is 0.658. The predicted octanol–water partition coefficient (Wildman–Crippen LogP) is 3.55. The average Bonchev–Trinajstić information content (AvgIpc) is 2.67. The lowest BCUT2D eigenvalue weighted by molar-refractivity contribution is 0.586. The second-order valence-electron chi connectivity index (χ2n) is 3.35. The maximum absolute atomic E-state index is 12.8. The van der Waals surface area contributed by atoms with Gasteiger partial charge in [-0.25, -0.2) is 4.98 Å². The van der Waals surface area contributed by atoms with E-state index in [2.05, 4.69) is 16.6 Å². The summed E-state index contributed by atoms with van der Waals surface area (Å²) in [4.78, 5) is 4.88. The molecule has 17 heavy (non-hydrogen) atoms. The average molecular weight is 269 g/mol. The summed E-state index contributed by atoms with van der Waals surface area (Å²) < 4.78 is 16.9. The van der Waals surface area contributed by atoms with Gasteiger partial charge in [-0.2, -0.15) is 4.39 Å². The molecule has 0 aromatic carbocycles. The largest absolute Gasteiger partial charge is 0.398 e. The van der Waals surface area contributed by atoms with Crippen LogP contribution >= 0.6 is 23.3 Å². The maximum Gasteiger partial charge on any atom is 0.214 e. The van der Waals surface area contributed by atoms with Crippen LogP contribution < -0.4 is 10.5 Å². The Morgan fingerprint density at radius 2 is 2.35 bits per heavy atom. The summed E-state index contributed by atoms with van der Waals surface area (Å²) in [7, 11) is 0. The van der Waals surface area contributed by atoms with Gasteiger partial charge in [0.25, 0.3) is 0 Å². The van der Waals surface area contributed by atoms with E-state index in [1.165, 1.54) is 22.9 Å². The highest BCUT2D eigenvalue weighted by Gasteiger charge is 2.05. The number of hydrogen-bond donors (Lipinski definition) is 2. The monoisotopic (exact) mass is 269 g/mol. The standard InChI is InChI=1S/C11H12FN3S2/c1-2-8-7(13)6-11(16-8)17-15-10-5-3-4-9(12)14-10/h3-6H,2,13H2,1H3,(H,14,15). The number of pyridine rings is 1. The summed E-state index contributed by atoms with van der Waals surface area (Å²) in [6.45, 7) is 2.07. The van der Waals surface area contributed by atoms with Gasteiger partial charge >= 0.3 is 0 Å². The molecule has 90 valence electrons. The summed E-state index contributed by atoms with van der Waals surface area (Å²) in [5, 5.41) is 0. The van der Waals surface area contributed by atoms with Crippen molar-refractivity contribution in [3.05, 3.63) is 35.1 Å². The van der Waals surface area contributed by atoms with Gasteiger partial charge in [0.1, 0.15) is 5.82 Å². The Balaban J connectivity index is 2.02. The van der Waals surface area contributed by atoms with Crippen LogP contribution in [-0.2, 0) is 6.42 Å². The van der Waals surface area contributed by atoms with E-state index in [0.717, 1.165) is 16.3 Å². The minimum absolute atomic E-state index is 0.490. The second-order valence-corrected chi connectivity index (χ2v) is 5.59. The highest BCUT2D eigenvalue weighted by molar-refractivity contribution is 8.02. The molecule has 2 aromatic heterocycles. The number of aryl methyl sites for hydroxylation is 1. The molecule has 0 atom stereocenters. The zero-order valence-corrected chi connectivity index (χ0v) is 10.9. The summed E-state index contributed by atoms with van der Waals surface area (Å²) in [5.41, 5.74) is 6.65. The number of nitrogens with zero attached hydrogens (tertiary/aromatic N) is 1. The summed E-state index contributed by atoms with van der Waals surface area (Å²) >= 11 is 3.03. The number of halogens is 1. The van der Waals surface area contributed by atoms with Crippen molar-refractivity contribution < 1.29 is 4.39 Å². The maximum atomic E-state index is 12.8. The van der Waals surface area contributed by atoms with Crippen molar-refractivity contribution in [2.45, 2.75) is 17.6 Å². The normalized spacial score (nSPS) is 10.5.